The monoisotopic (exact) mass is 316 g/mol. The molecule has 0 saturated heterocycles. The van der Waals surface area contributed by atoms with Gasteiger partial charge in [0.15, 0.2) is 5.58 Å². The molecule has 22 heavy (non-hydrogen) atoms. The van der Waals surface area contributed by atoms with Crippen LogP contribution in [0.5, 0.6) is 0 Å². The fourth-order valence-corrected chi connectivity index (χ4v) is 2.41. The molecule has 3 aromatic rings. The average Bonchev–Trinajstić information content (AvgIpc) is 2.89. The van der Waals surface area contributed by atoms with Gasteiger partial charge < -0.3 is 14.9 Å². The van der Waals surface area contributed by atoms with Gasteiger partial charge >= 0.3 is 5.97 Å². The summed E-state index contributed by atoms with van der Waals surface area (Å²) in [5.41, 5.74) is 9.00. The van der Waals surface area contributed by atoms with E-state index in [4.69, 9.17) is 21.8 Å². The summed E-state index contributed by atoms with van der Waals surface area (Å²) in [4.78, 5) is 15.7. The fourth-order valence-electron chi connectivity index (χ4n) is 2.14. The number of nitrogens with two attached hydrogens (primary N) is 1. The molecule has 0 amide bonds. The standard InChI is InChI=1S/C16H13ClN2O3/c1-21-15(20)7-9-2-5-13-14(6-9)22-16(19-13)11-4-3-10(18)8-12(11)17/h2-6,8H,7,18H2,1H3. The van der Waals surface area contributed by atoms with Gasteiger partial charge in [-0.2, -0.15) is 0 Å². The molecule has 2 N–H and O–H groups in total. The molecule has 6 heteroatoms. The number of nitrogen functional groups attached to an aromatic ring is 1. The van der Waals surface area contributed by atoms with Crippen molar-refractivity contribution in [1.82, 2.24) is 4.98 Å². The Morgan fingerprint density at radius 2 is 2.14 bits per heavy atom. The minimum absolute atomic E-state index is 0.186. The second kappa shape index (κ2) is 5.69. The van der Waals surface area contributed by atoms with Crippen molar-refractivity contribution in [3.8, 4) is 11.5 Å². The summed E-state index contributed by atoms with van der Waals surface area (Å²) in [5.74, 6) is 0.107. The van der Waals surface area contributed by atoms with Crippen LogP contribution in [-0.4, -0.2) is 18.1 Å². The van der Waals surface area contributed by atoms with Crippen LogP contribution in [0.25, 0.3) is 22.6 Å². The van der Waals surface area contributed by atoms with E-state index in [-0.39, 0.29) is 12.4 Å². The summed E-state index contributed by atoms with van der Waals surface area (Å²) in [6.45, 7) is 0. The van der Waals surface area contributed by atoms with Crippen molar-refractivity contribution in [3.05, 3.63) is 47.0 Å². The Labute approximate surface area is 131 Å². The predicted molar refractivity (Wildman–Crippen MR) is 84.6 cm³/mol. The number of carbonyl (C=O) groups is 1. The zero-order valence-electron chi connectivity index (χ0n) is 11.8. The highest BCUT2D eigenvalue weighted by Crippen LogP contribution is 2.31. The van der Waals surface area contributed by atoms with Gasteiger partial charge in [-0.3, -0.25) is 4.79 Å². The molecule has 0 bridgehead atoms. The minimum Gasteiger partial charge on any atom is -0.469 e. The molecule has 1 aromatic heterocycles. The third kappa shape index (κ3) is 2.76. The first kappa shape index (κ1) is 14.4. The lowest BCUT2D eigenvalue weighted by molar-refractivity contribution is -0.139. The number of carbonyl (C=O) groups excluding carboxylic acids is 1. The Kier molecular flexibility index (Phi) is 3.73. The number of hydrogen-bond acceptors (Lipinski definition) is 5. The quantitative estimate of drug-likeness (QED) is 0.591. The third-order valence-electron chi connectivity index (χ3n) is 3.25. The zero-order chi connectivity index (χ0) is 15.7. The van der Waals surface area contributed by atoms with Gasteiger partial charge in [0.25, 0.3) is 0 Å². The Balaban J connectivity index is 2.00. The van der Waals surface area contributed by atoms with Gasteiger partial charge in [-0.25, -0.2) is 4.98 Å². The van der Waals surface area contributed by atoms with Crippen molar-refractivity contribution in [2.75, 3.05) is 12.8 Å². The summed E-state index contributed by atoms with van der Waals surface area (Å²) in [7, 11) is 1.36. The summed E-state index contributed by atoms with van der Waals surface area (Å²) in [6.07, 6.45) is 0.186. The summed E-state index contributed by atoms with van der Waals surface area (Å²) < 4.78 is 10.4. The lowest BCUT2D eigenvalue weighted by Gasteiger charge is -2.00. The number of oxazole rings is 1. The zero-order valence-corrected chi connectivity index (χ0v) is 12.6. The molecule has 5 nitrogen and oxygen atoms in total. The van der Waals surface area contributed by atoms with Crippen LogP contribution in [0, 0.1) is 0 Å². The van der Waals surface area contributed by atoms with Gasteiger partial charge in [0.2, 0.25) is 5.89 Å². The average molecular weight is 317 g/mol. The molecule has 1 heterocycles. The number of rotatable bonds is 3. The number of methoxy groups -OCH3 is 1. The maximum absolute atomic E-state index is 11.3. The number of halogens is 1. The number of aromatic nitrogens is 1. The molecule has 0 radical (unpaired) electrons. The molecule has 0 aliphatic carbocycles. The maximum Gasteiger partial charge on any atom is 0.309 e. The number of fused-ring (bicyclic) bond motifs is 1. The van der Waals surface area contributed by atoms with Crippen molar-refractivity contribution in [3.63, 3.8) is 0 Å². The number of hydrogen-bond donors (Lipinski definition) is 1. The van der Waals surface area contributed by atoms with Crippen LogP contribution in [0.2, 0.25) is 5.02 Å². The minimum atomic E-state index is -0.305. The fraction of sp³-hybridized carbons (Fsp3) is 0.125. The first-order valence-corrected chi connectivity index (χ1v) is 6.96. The first-order chi connectivity index (χ1) is 10.6. The van der Waals surface area contributed by atoms with Crippen molar-refractivity contribution in [2.24, 2.45) is 0 Å². The molecule has 3 rings (SSSR count). The molecule has 0 fully saturated rings. The van der Waals surface area contributed by atoms with Crippen LogP contribution >= 0.6 is 11.6 Å². The van der Waals surface area contributed by atoms with Crippen molar-refractivity contribution in [2.45, 2.75) is 6.42 Å². The van der Waals surface area contributed by atoms with E-state index in [0.29, 0.717) is 33.3 Å². The van der Waals surface area contributed by atoms with E-state index in [1.807, 2.05) is 6.07 Å². The number of esters is 1. The Morgan fingerprint density at radius 3 is 2.86 bits per heavy atom. The first-order valence-electron chi connectivity index (χ1n) is 6.58. The number of benzene rings is 2. The number of nitrogens with zero attached hydrogens (tertiary/aromatic N) is 1. The van der Waals surface area contributed by atoms with Gasteiger partial charge in [-0.15, -0.1) is 0 Å². The molecular weight excluding hydrogens is 304 g/mol. The van der Waals surface area contributed by atoms with Crippen LogP contribution in [0.3, 0.4) is 0 Å². The Hall–Kier alpha value is -2.53. The molecule has 2 aromatic carbocycles. The van der Waals surface area contributed by atoms with Gasteiger partial charge in [-0.1, -0.05) is 17.7 Å². The van der Waals surface area contributed by atoms with E-state index in [1.54, 1.807) is 30.3 Å². The van der Waals surface area contributed by atoms with Gasteiger partial charge in [0, 0.05) is 5.69 Å². The van der Waals surface area contributed by atoms with Crippen LogP contribution in [0.15, 0.2) is 40.8 Å². The van der Waals surface area contributed by atoms with E-state index in [0.717, 1.165) is 5.56 Å². The molecule has 0 spiro atoms. The molecule has 0 unspecified atom stereocenters. The van der Waals surface area contributed by atoms with E-state index in [9.17, 15) is 4.79 Å². The van der Waals surface area contributed by atoms with E-state index in [1.165, 1.54) is 7.11 Å². The highest BCUT2D eigenvalue weighted by molar-refractivity contribution is 6.33. The normalized spacial score (nSPS) is 10.8. The predicted octanol–water partition coefficient (Wildman–Crippen LogP) is 3.45. The van der Waals surface area contributed by atoms with Gasteiger partial charge in [0.1, 0.15) is 5.52 Å². The molecule has 0 aliphatic rings. The SMILES string of the molecule is COC(=O)Cc1ccc2nc(-c3ccc(N)cc3Cl)oc2c1. The summed E-state index contributed by atoms with van der Waals surface area (Å²) in [5, 5.41) is 0.473. The maximum atomic E-state index is 11.3. The summed E-state index contributed by atoms with van der Waals surface area (Å²) >= 11 is 6.17. The van der Waals surface area contributed by atoms with E-state index in [2.05, 4.69) is 9.72 Å². The van der Waals surface area contributed by atoms with Crippen LogP contribution in [0.1, 0.15) is 5.56 Å². The Morgan fingerprint density at radius 1 is 1.32 bits per heavy atom. The third-order valence-corrected chi connectivity index (χ3v) is 3.57. The summed E-state index contributed by atoms with van der Waals surface area (Å²) in [6, 6.07) is 10.5. The molecule has 0 saturated carbocycles. The largest absolute Gasteiger partial charge is 0.469 e. The van der Waals surface area contributed by atoms with Crippen molar-refractivity contribution in [1.29, 1.82) is 0 Å². The highest BCUT2D eigenvalue weighted by atomic mass is 35.5. The van der Waals surface area contributed by atoms with Gasteiger partial charge in [-0.05, 0) is 35.9 Å². The van der Waals surface area contributed by atoms with Crippen LogP contribution < -0.4 is 5.73 Å². The van der Waals surface area contributed by atoms with Crippen LogP contribution in [-0.2, 0) is 16.0 Å². The van der Waals surface area contributed by atoms with E-state index < -0.39 is 0 Å². The lowest BCUT2D eigenvalue weighted by atomic mass is 10.1. The molecular formula is C16H13ClN2O3. The topological polar surface area (TPSA) is 78.3 Å². The highest BCUT2D eigenvalue weighted by Gasteiger charge is 2.13. The Bertz CT molecular complexity index is 858. The molecule has 0 aliphatic heterocycles. The van der Waals surface area contributed by atoms with E-state index >= 15 is 0 Å². The van der Waals surface area contributed by atoms with Crippen LogP contribution in [0.4, 0.5) is 5.69 Å². The second-order valence-electron chi connectivity index (χ2n) is 4.81. The smallest absolute Gasteiger partial charge is 0.309 e. The number of ether oxygens (including phenoxy) is 1. The van der Waals surface area contributed by atoms with Crippen molar-refractivity contribution >= 4 is 34.4 Å². The second-order valence-corrected chi connectivity index (χ2v) is 5.22. The number of anilines is 1. The lowest BCUT2D eigenvalue weighted by Crippen LogP contribution is -2.03. The van der Waals surface area contributed by atoms with Gasteiger partial charge in [0.05, 0.1) is 24.1 Å². The van der Waals surface area contributed by atoms with Crippen molar-refractivity contribution < 1.29 is 13.9 Å². The molecule has 0 atom stereocenters. The molecule has 112 valence electrons.